The Morgan fingerprint density at radius 2 is 2.05 bits per heavy atom. The molecule has 2 rings (SSSR count). The predicted molar refractivity (Wildman–Crippen MR) is 86.7 cm³/mol. The number of rotatable bonds is 4. The maximum absolute atomic E-state index is 6.24. The molecule has 2 atom stereocenters. The van der Waals surface area contributed by atoms with Gasteiger partial charge in [-0.1, -0.05) is 0 Å². The topological polar surface area (TPSA) is 32.5 Å². The summed E-state index contributed by atoms with van der Waals surface area (Å²) >= 11 is 5.35. The number of likely N-dealkylation sites (tertiary alicyclic amines) is 1. The van der Waals surface area contributed by atoms with Crippen molar-refractivity contribution in [2.75, 3.05) is 27.2 Å². The van der Waals surface area contributed by atoms with Crippen molar-refractivity contribution >= 4 is 27.3 Å². The first-order valence-corrected chi connectivity index (χ1v) is 8.56. The monoisotopic (exact) mass is 345 g/mol. The van der Waals surface area contributed by atoms with Crippen molar-refractivity contribution in [2.45, 2.75) is 37.9 Å². The van der Waals surface area contributed by atoms with E-state index in [4.69, 9.17) is 5.73 Å². The van der Waals surface area contributed by atoms with Crippen LogP contribution in [-0.2, 0) is 0 Å². The van der Waals surface area contributed by atoms with Gasteiger partial charge >= 0.3 is 0 Å². The number of halogens is 1. The number of piperidine rings is 1. The lowest BCUT2D eigenvalue weighted by molar-refractivity contribution is 0.0997. The molecule has 2 unspecified atom stereocenters. The van der Waals surface area contributed by atoms with Gasteiger partial charge in [0.2, 0.25) is 0 Å². The van der Waals surface area contributed by atoms with Crippen molar-refractivity contribution in [1.82, 2.24) is 9.80 Å². The van der Waals surface area contributed by atoms with Gasteiger partial charge in [0.15, 0.2) is 0 Å². The van der Waals surface area contributed by atoms with Gasteiger partial charge in [-0.05, 0) is 55.9 Å². The highest BCUT2D eigenvalue weighted by Crippen LogP contribution is 2.33. The van der Waals surface area contributed by atoms with E-state index in [1.807, 2.05) is 11.3 Å². The van der Waals surface area contributed by atoms with E-state index in [2.05, 4.69) is 58.2 Å². The molecule has 1 aromatic heterocycles. The molecule has 0 amide bonds. The minimum atomic E-state index is 0.168. The molecule has 0 aliphatic carbocycles. The standard InChI is InChI=1S/C14H24BrN3S/c1-10(16)14(13-8-11(15)9-19-13)18-6-4-12(5-7-18)17(2)3/h8-10,12,14H,4-7,16H2,1-3H3. The van der Waals surface area contributed by atoms with Gasteiger partial charge in [0.05, 0.1) is 6.04 Å². The normalized spacial score (nSPS) is 21.8. The molecule has 5 heteroatoms. The van der Waals surface area contributed by atoms with Gasteiger partial charge in [0, 0.05) is 39.9 Å². The Bertz CT molecular complexity index is 397. The lowest BCUT2D eigenvalue weighted by Gasteiger charge is -2.40. The van der Waals surface area contributed by atoms with Gasteiger partial charge in [-0.3, -0.25) is 4.90 Å². The number of hydrogen-bond acceptors (Lipinski definition) is 4. The van der Waals surface area contributed by atoms with E-state index in [9.17, 15) is 0 Å². The zero-order valence-electron chi connectivity index (χ0n) is 12.0. The van der Waals surface area contributed by atoms with Crippen LogP contribution in [0.15, 0.2) is 15.9 Å². The first-order valence-electron chi connectivity index (χ1n) is 6.89. The number of nitrogens with two attached hydrogens (primary N) is 1. The zero-order chi connectivity index (χ0) is 14.0. The van der Waals surface area contributed by atoms with Crippen LogP contribution < -0.4 is 5.73 Å². The maximum Gasteiger partial charge on any atom is 0.0591 e. The Morgan fingerprint density at radius 1 is 1.42 bits per heavy atom. The summed E-state index contributed by atoms with van der Waals surface area (Å²) in [6.45, 7) is 4.41. The molecule has 2 N–H and O–H groups in total. The Balaban J connectivity index is 2.05. The van der Waals surface area contributed by atoms with E-state index in [-0.39, 0.29) is 6.04 Å². The molecule has 2 heterocycles. The van der Waals surface area contributed by atoms with Crippen molar-refractivity contribution in [1.29, 1.82) is 0 Å². The summed E-state index contributed by atoms with van der Waals surface area (Å²) in [6, 6.07) is 3.47. The van der Waals surface area contributed by atoms with Gasteiger partial charge in [-0.2, -0.15) is 0 Å². The van der Waals surface area contributed by atoms with Crippen molar-refractivity contribution in [3.63, 3.8) is 0 Å². The van der Waals surface area contributed by atoms with E-state index in [1.165, 1.54) is 22.2 Å². The number of thiophene rings is 1. The third kappa shape index (κ3) is 3.79. The SMILES string of the molecule is CC(N)C(c1cc(Br)cs1)N1CCC(N(C)C)CC1. The molecular weight excluding hydrogens is 322 g/mol. The fraction of sp³-hybridized carbons (Fsp3) is 0.714. The quantitative estimate of drug-likeness (QED) is 0.910. The molecule has 1 fully saturated rings. The summed E-state index contributed by atoms with van der Waals surface area (Å²) in [5.41, 5.74) is 6.24. The van der Waals surface area contributed by atoms with Gasteiger partial charge in [-0.25, -0.2) is 0 Å². The molecule has 3 nitrogen and oxygen atoms in total. The van der Waals surface area contributed by atoms with Gasteiger partial charge in [0.1, 0.15) is 0 Å². The largest absolute Gasteiger partial charge is 0.326 e. The van der Waals surface area contributed by atoms with E-state index in [0.29, 0.717) is 6.04 Å². The molecule has 0 bridgehead atoms. The molecule has 1 aliphatic rings. The first kappa shape index (κ1) is 15.4. The summed E-state index contributed by atoms with van der Waals surface area (Å²) in [4.78, 5) is 6.29. The van der Waals surface area contributed by atoms with Crippen LogP contribution >= 0.6 is 27.3 Å². The Labute approximate surface area is 128 Å². The third-order valence-corrected chi connectivity index (χ3v) is 5.76. The number of nitrogens with zero attached hydrogens (tertiary/aromatic N) is 2. The van der Waals surface area contributed by atoms with Gasteiger partial charge in [-0.15, -0.1) is 11.3 Å². The van der Waals surface area contributed by atoms with Gasteiger partial charge < -0.3 is 10.6 Å². The van der Waals surface area contributed by atoms with E-state index >= 15 is 0 Å². The summed E-state index contributed by atoms with van der Waals surface area (Å²) in [6.07, 6.45) is 2.48. The fourth-order valence-electron chi connectivity index (χ4n) is 2.94. The second-order valence-corrected chi connectivity index (χ2v) is 7.56. The minimum Gasteiger partial charge on any atom is -0.326 e. The highest BCUT2D eigenvalue weighted by molar-refractivity contribution is 9.10. The molecule has 0 aromatic carbocycles. The lowest BCUT2D eigenvalue weighted by Crippen LogP contribution is -2.47. The summed E-state index contributed by atoms with van der Waals surface area (Å²) < 4.78 is 1.17. The second kappa shape index (κ2) is 6.68. The molecule has 1 saturated heterocycles. The average molecular weight is 346 g/mol. The molecule has 0 radical (unpaired) electrons. The van der Waals surface area contributed by atoms with Crippen LogP contribution in [0.1, 0.15) is 30.7 Å². The predicted octanol–water partition coefficient (Wildman–Crippen LogP) is 2.92. The Hall–Kier alpha value is 0.0600. The molecular formula is C14H24BrN3S. The molecule has 19 heavy (non-hydrogen) atoms. The van der Waals surface area contributed by atoms with Crippen molar-refractivity contribution in [3.8, 4) is 0 Å². The van der Waals surface area contributed by atoms with Crippen LogP contribution in [0.5, 0.6) is 0 Å². The van der Waals surface area contributed by atoms with Crippen LogP contribution in [0, 0.1) is 0 Å². The van der Waals surface area contributed by atoms with Crippen LogP contribution in [0.4, 0.5) is 0 Å². The molecule has 108 valence electrons. The summed E-state index contributed by atoms with van der Waals surface area (Å²) in [7, 11) is 4.36. The minimum absolute atomic E-state index is 0.168. The van der Waals surface area contributed by atoms with Crippen molar-refractivity contribution in [2.24, 2.45) is 5.73 Å². The Morgan fingerprint density at radius 3 is 2.47 bits per heavy atom. The lowest BCUT2D eigenvalue weighted by atomic mass is 9.99. The van der Waals surface area contributed by atoms with Crippen LogP contribution in [0.25, 0.3) is 0 Å². The summed E-state index contributed by atoms with van der Waals surface area (Å²) in [5.74, 6) is 0. The van der Waals surface area contributed by atoms with Crippen LogP contribution in [-0.4, -0.2) is 49.1 Å². The highest BCUT2D eigenvalue weighted by atomic mass is 79.9. The average Bonchev–Trinajstić information content (AvgIpc) is 2.76. The fourth-order valence-corrected chi connectivity index (χ4v) is 4.63. The van der Waals surface area contributed by atoms with Crippen LogP contribution in [0.3, 0.4) is 0 Å². The van der Waals surface area contributed by atoms with Crippen molar-refractivity contribution in [3.05, 3.63) is 20.8 Å². The van der Waals surface area contributed by atoms with Crippen LogP contribution in [0.2, 0.25) is 0 Å². The molecule has 1 aliphatic heterocycles. The molecule has 1 aromatic rings. The Kier molecular flexibility index (Phi) is 5.43. The van der Waals surface area contributed by atoms with Gasteiger partial charge in [0.25, 0.3) is 0 Å². The second-order valence-electron chi connectivity index (χ2n) is 5.70. The zero-order valence-corrected chi connectivity index (χ0v) is 14.4. The smallest absolute Gasteiger partial charge is 0.0591 e. The number of hydrogen-bond donors (Lipinski definition) is 1. The third-order valence-electron chi connectivity index (χ3n) is 4.00. The molecule has 0 spiro atoms. The molecule has 0 saturated carbocycles. The summed E-state index contributed by atoms with van der Waals surface area (Å²) in [5, 5.41) is 2.15. The maximum atomic E-state index is 6.24. The highest BCUT2D eigenvalue weighted by Gasteiger charge is 2.29. The van der Waals surface area contributed by atoms with E-state index in [1.54, 1.807) is 0 Å². The van der Waals surface area contributed by atoms with E-state index in [0.717, 1.165) is 19.1 Å². The first-order chi connectivity index (χ1) is 8.99. The van der Waals surface area contributed by atoms with Crippen molar-refractivity contribution < 1.29 is 0 Å². The van der Waals surface area contributed by atoms with E-state index < -0.39 is 0 Å².